The molecule has 0 saturated heterocycles. The highest BCUT2D eigenvalue weighted by atomic mass is 15.2. The van der Waals surface area contributed by atoms with Gasteiger partial charge in [0.2, 0.25) is 0 Å². The van der Waals surface area contributed by atoms with Crippen LogP contribution in [0.1, 0.15) is 17.5 Å². The summed E-state index contributed by atoms with van der Waals surface area (Å²) in [6.07, 6.45) is 1.22. The number of para-hydroxylation sites is 1. The molecule has 2 rings (SSSR count). The highest BCUT2D eigenvalue weighted by Gasteiger charge is 2.16. The van der Waals surface area contributed by atoms with Crippen LogP contribution in [0, 0.1) is 6.92 Å². The number of aryl methyl sites for hydroxylation is 1. The Hall–Kier alpha value is -1.06. The van der Waals surface area contributed by atoms with Crippen molar-refractivity contribution in [3.63, 3.8) is 0 Å². The third kappa shape index (κ3) is 3.24. The molecule has 1 aromatic carbocycles. The normalized spacial score (nSPS) is 15.7. The second-order valence-corrected chi connectivity index (χ2v) is 5.40. The Bertz CT molecular complexity index is 387. The maximum Gasteiger partial charge on any atom is 0.0442 e. The Morgan fingerprint density at radius 3 is 2.94 bits per heavy atom. The molecule has 1 heterocycles. The Labute approximate surface area is 111 Å². The van der Waals surface area contributed by atoms with Crippen molar-refractivity contribution in [1.82, 2.24) is 10.2 Å². The monoisotopic (exact) mass is 247 g/mol. The Morgan fingerprint density at radius 1 is 1.33 bits per heavy atom. The van der Waals surface area contributed by atoms with Crippen molar-refractivity contribution in [2.24, 2.45) is 0 Å². The number of fused-ring (bicyclic) bond motifs is 1. The van der Waals surface area contributed by atoms with Gasteiger partial charge in [-0.25, -0.2) is 0 Å². The average Bonchev–Trinajstić information content (AvgIpc) is 2.52. The van der Waals surface area contributed by atoms with Crippen molar-refractivity contribution in [2.45, 2.75) is 19.9 Å². The molecule has 0 spiro atoms. The molecule has 1 aromatic rings. The van der Waals surface area contributed by atoms with Gasteiger partial charge in [-0.15, -0.1) is 0 Å². The van der Waals surface area contributed by atoms with Crippen LogP contribution in [0.4, 0.5) is 5.69 Å². The number of hydrogen-bond donors (Lipinski definition) is 1. The van der Waals surface area contributed by atoms with Gasteiger partial charge in [-0.3, -0.25) is 0 Å². The lowest BCUT2D eigenvalue weighted by molar-refractivity contribution is 0.400. The molecule has 1 aliphatic rings. The van der Waals surface area contributed by atoms with E-state index in [2.05, 4.69) is 54.3 Å². The first-order valence-corrected chi connectivity index (χ1v) is 6.87. The van der Waals surface area contributed by atoms with Gasteiger partial charge in [0.1, 0.15) is 0 Å². The van der Waals surface area contributed by atoms with Crippen LogP contribution in [0.3, 0.4) is 0 Å². The molecule has 1 aliphatic heterocycles. The maximum absolute atomic E-state index is 3.51. The largest absolute Gasteiger partial charge is 0.370 e. The van der Waals surface area contributed by atoms with Gasteiger partial charge in [0.15, 0.2) is 0 Å². The summed E-state index contributed by atoms with van der Waals surface area (Å²) in [6, 6.07) is 6.64. The number of nitrogens with one attached hydrogen (secondary N) is 1. The Balaban J connectivity index is 2.11. The molecule has 3 nitrogen and oxygen atoms in total. The summed E-state index contributed by atoms with van der Waals surface area (Å²) < 4.78 is 0. The molecule has 0 bridgehead atoms. The standard InChI is InChI=1S/C15H25N3/c1-13-6-4-7-14-12-16-8-11-18(15(13)14)10-5-9-17(2)3/h4,6-7,16H,5,8-12H2,1-3H3. The quantitative estimate of drug-likeness (QED) is 0.876. The lowest BCUT2D eigenvalue weighted by Crippen LogP contribution is -2.31. The molecule has 0 amide bonds. The Morgan fingerprint density at radius 2 is 2.17 bits per heavy atom. The minimum atomic E-state index is 1.00. The third-order valence-corrected chi connectivity index (χ3v) is 3.54. The zero-order chi connectivity index (χ0) is 13.0. The van der Waals surface area contributed by atoms with Gasteiger partial charge in [0.05, 0.1) is 0 Å². The molecule has 1 N–H and O–H groups in total. The summed E-state index contributed by atoms with van der Waals surface area (Å²) >= 11 is 0. The van der Waals surface area contributed by atoms with Crippen molar-refractivity contribution in [3.8, 4) is 0 Å². The molecule has 0 unspecified atom stereocenters. The van der Waals surface area contributed by atoms with Crippen LogP contribution in [-0.2, 0) is 6.54 Å². The van der Waals surface area contributed by atoms with E-state index in [0.29, 0.717) is 0 Å². The summed E-state index contributed by atoms with van der Waals surface area (Å²) in [5.41, 5.74) is 4.31. The van der Waals surface area contributed by atoms with Crippen LogP contribution in [0.25, 0.3) is 0 Å². The molecular weight excluding hydrogens is 222 g/mol. The number of anilines is 1. The molecule has 0 radical (unpaired) electrons. The van der Waals surface area contributed by atoms with Gasteiger partial charge in [-0.1, -0.05) is 18.2 Å². The molecule has 0 atom stereocenters. The van der Waals surface area contributed by atoms with E-state index in [1.165, 1.54) is 23.2 Å². The van der Waals surface area contributed by atoms with Crippen LogP contribution in [0.5, 0.6) is 0 Å². The van der Waals surface area contributed by atoms with Gasteiger partial charge in [-0.05, 0) is 45.1 Å². The number of rotatable bonds is 4. The van der Waals surface area contributed by atoms with Gasteiger partial charge < -0.3 is 15.1 Å². The fourth-order valence-corrected chi connectivity index (χ4v) is 2.67. The van der Waals surface area contributed by atoms with Crippen molar-refractivity contribution in [1.29, 1.82) is 0 Å². The van der Waals surface area contributed by atoms with E-state index in [1.807, 2.05) is 0 Å². The molecule has 0 fully saturated rings. The summed E-state index contributed by atoms with van der Waals surface area (Å²) in [5, 5.41) is 3.51. The summed E-state index contributed by atoms with van der Waals surface area (Å²) in [4.78, 5) is 4.81. The number of hydrogen-bond acceptors (Lipinski definition) is 3. The summed E-state index contributed by atoms with van der Waals surface area (Å²) in [7, 11) is 4.28. The number of nitrogens with zero attached hydrogens (tertiary/aromatic N) is 2. The summed E-state index contributed by atoms with van der Waals surface area (Å²) in [5.74, 6) is 0. The second kappa shape index (κ2) is 6.21. The molecule has 0 saturated carbocycles. The average molecular weight is 247 g/mol. The van der Waals surface area contributed by atoms with Gasteiger partial charge in [0.25, 0.3) is 0 Å². The number of benzene rings is 1. The van der Waals surface area contributed by atoms with Crippen LogP contribution in [0.15, 0.2) is 18.2 Å². The Kier molecular flexibility index (Phi) is 4.61. The zero-order valence-electron chi connectivity index (χ0n) is 11.9. The zero-order valence-corrected chi connectivity index (χ0v) is 11.9. The highest BCUT2D eigenvalue weighted by Crippen LogP contribution is 2.26. The first-order chi connectivity index (χ1) is 8.68. The third-order valence-electron chi connectivity index (χ3n) is 3.54. The molecule has 0 aromatic heterocycles. The minimum Gasteiger partial charge on any atom is -0.370 e. The van der Waals surface area contributed by atoms with Gasteiger partial charge >= 0.3 is 0 Å². The van der Waals surface area contributed by atoms with Gasteiger partial charge in [0, 0.05) is 31.9 Å². The van der Waals surface area contributed by atoms with Crippen LogP contribution < -0.4 is 10.2 Å². The predicted molar refractivity (Wildman–Crippen MR) is 78.3 cm³/mol. The topological polar surface area (TPSA) is 18.5 Å². The SMILES string of the molecule is Cc1cccc2c1N(CCCN(C)C)CCNC2. The maximum atomic E-state index is 3.51. The van der Waals surface area contributed by atoms with E-state index >= 15 is 0 Å². The van der Waals surface area contributed by atoms with Crippen LogP contribution in [0.2, 0.25) is 0 Å². The van der Waals surface area contributed by atoms with Crippen molar-refractivity contribution >= 4 is 5.69 Å². The lowest BCUT2D eigenvalue weighted by Gasteiger charge is -2.27. The van der Waals surface area contributed by atoms with Crippen LogP contribution >= 0.6 is 0 Å². The molecule has 3 heteroatoms. The summed E-state index contributed by atoms with van der Waals surface area (Å²) in [6.45, 7) is 7.73. The fourth-order valence-electron chi connectivity index (χ4n) is 2.67. The molecule has 100 valence electrons. The van der Waals surface area contributed by atoms with E-state index in [4.69, 9.17) is 0 Å². The smallest absolute Gasteiger partial charge is 0.0442 e. The van der Waals surface area contributed by atoms with Crippen molar-refractivity contribution in [2.75, 3.05) is 45.2 Å². The van der Waals surface area contributed by atoms with Crippen molar-refractivity contribution < 1.29 is 0 Å². The van der Waals surface area contributed by atoms with Crippen LogP contribution in [-0.4, -0.2) is 45.2 Å². The van der Waals surface area contributed by atoms with E-state index < -0.39 is 0 Å². The van der Waals surface area contributed by atoms with E-state index in [0.717, 1.165) is 32.7 Å². The first-order valence-electron chi connectivity index (χ1n) is 6.87. The molecular formula is C15H25N3. The van der Waals surface area contributed by atoms with Gasteiger partial charge in [-0.2, -0.15) is 0 Å². The minimum absolute atomic E-state index is 1.00. The second-order valence-electron chi connectivity index (χ2n) is 5.40. The molecule has 0 aliphatic carbocycles. The van der Waals surface area contributed by atoms with E-state index in [9.17, 15) is 0 Å². The lowest BCUT2D eigenvalue weighted by atomic mass is 10.1. The van der Waals surface area contributed by atoms with E-state index in [1.54, 1.807) is 0 Å². The fraction of sp³-hybridized carbons (Fsp3) is 0.600. The van der Waals surface area contributed by atoms with E-state index in [-0.39, 0.29) is 0 Å². The first kappa shape index (κ1) is 13.4. The molecule has 18 heavy (non-hydrogen) atoms. The highest BCUT2D eigenvalue weighted by molar-refractivity contribution is 5.60. The van der Waals surface area contributed by atoms with Crippen molar-refractivity contribution in [3.05, 3.63) is 29.3 Å². The predicted octanol–water partition coefficient (Wildman–Crippen LogP) is 1.86.